The van der Waals surface area contributed by atoms with Gasteiger partial charge in [-0.05, 0) is 69.2 Å². The van der Waals surface area contributed by atoms with Gasteiger partial charge in [0.15, 0.2) is 0 Å². The van der Waals surface area contributed by atoms with E-state index in [4.69, 9.17) is 0 Å². The van der Waals surface area contributed by atoms with Crippen molar-refractivity contribution >= 4 is 15.9 Å². The van der Waals surface area contributed by atoms with Crippen LogP contribution in [0, 0.1) is 5.82 Å². The van der Waals surface area contributed by atoms with Crippen LogP contribution < -0.4 is 10.0 Å². The molecule has 0 saturated heterocycles. The summed E-state index contributed by atoms with van der Waals surface area (Å²) in [5.41, 5.74) is 0.560. The van der Waals surface area contributed by atoms with Crippen LogP contribution >= 0.6 is 0 Å². The molecule has 0 aliphatic rings. The molecule has 0 radical (unpaired) electrons. The van der Waals surface area contributed by atoms with Crippen LogP contribution in [0.5, 0.6) is 0 Å². The van der Waals surface area contributed by atoms with Crippen molar-refractivity contribution in [2.24, 2.45) is 0 Å². The SMILES string of the molecule is CC(C)(C)NS(=O)(=O)c1ccc(C(=O)NCCc2cccc(F)c2)cc1. The Bertz CT molecular complexity index is 872. The molecular formula is C19H23FN2O3S. The van der Waals surface area contributed by atoms with Gasteiger partial charge in [-0.3, -0.25) is 4.79 Å². The Morgan fingerprint density at radius 2 is 1.73 bits per heavy atom. The minimum Gasteiger partial charge on any atom is -0.352 e. The van der Waals surface area contributed by atoms with Gasteiger partial charge in [0.05, 0.1) is 4.90 Å². The zero-order valence-corrected chi connectivity index (χ0v) is 15.9. The molecule has 2 aromatic rings. The van der Waals surface area contributed by atoms with Crippen molar-refractivity contribution in [2.75, 3.05) is 6.54 Å². The lowest BCUT2D eigenvalue weighted by Gasteiger charge is -2.20. The molecule has 0 atom stereocenters. The van der Waals surface area contributed by atoms with Gasteiger partial charge in [-0.2, -0.15) is 0 Å². The van der Waals surface area contributed by atoms with E-state index in [1.807, 2.05) is 0 Å². The predicted molar refractivity (Wildman–Crippen MR) is 99.0 cm³/mol. The van der Waals surface area contributed by atoms with Crippen LogP contribution in [0.15, 0.2) is 53.4 Å². The summed E-state index contributed by atoms with van der Waals surface area (Å²) in [4.78, 5) is 12.2. The van der Waals surface area contributed by atoms with Gasteiger partial charge in [0.25, 0.3) is 5.91 Å². The summed E-state index contributed by atoms with van der Waals surface area (Å²) in [7, 11) is -3.63. The zero-order valence-electron chi connectivity index (χ0n) is 15.0. The maximum Gasteiger partial charge on any atom is 0.251 e. The highest BCUT2D eigenvalue weighted by molar-refractivity contribution is 7.89. The van der Waals surface area contributed by atoms with Gasteiger partial charge in [0.1, 0.15) is 5.82 Å². The number of hydrogen-bond donors (Lipinski definition) is 2. The van der Waals surface area contributed by atoms with E-state index in [1.165, 1.54) is 36.4 Å². The molecule has 5 nitrogen and oxygen atoms in total. The fourth-order valence-electron chi connectivity index (χ4n) is 2.36. The van der Waals surface area contributed by atoms with E-state index < -0.39 is 15.6 Å². The Morgan fingerprint density at radius 3 is 2.31 bits per heavy atom. The average molecular weight is 378 g/mol. The molecule has 0 unspecified atom stereocenters. The highest BCUT2D eigenvalue weighted by Gasteiger charge is 2.22. The third-order valence-corrected chi connectivity index (χ3v) is 5.23. The van der Waals surface area contributed by atoms with Crippen molar-refractivity contribution in [3.63, 3.8) is 0 Å². The number of carbonyl (C=O) groups excluding carboxylic acids is 1. The maximum absolute atomic E-state index is 13.1. The van der Waals surface area contributed by atoms with E-state index in [1.54, 1.807) is 32.9 Å². The fourth-order valence-corrected chi connectivity index (χ4v) is 3.78. The lowest BCUT2D eigenvalue weighted by molar-refractivity contribution is 0.0954. The van der Waals surface area contributed by atoms with Crippen LogP contribution in [0.25, 0.3) is 0 Å². The number of nitrogens with one attached hydrogen (secondary N) is 2. The van der Waals surface area contributed by atoms with Crippen LogP contribution in [0.1, 0.15) is 36.7 Å². The highest BCUT2D eigenvalue weighted by atomic mass is 32.2. The molecule has 0 aliphatic heterocycles. The first-order chi connectivity index (χ1) is 12.1. The fraction of sp³-hybridized carbons (Fsp3) is 0.316. The normalized spacial score (nSPS) is 12.0. The molecule has 0 heterocycles. The Hall–Kier alpha value is -2.25. The van der Waals surface area contributed by atoms with Crippen LogP contribution in [-0.4, -0.2) is 26.4 Å². The summed E-state index contributed by atoms with van der Waals surface area (Å²) in [5, 5.41) is 2.74. The van der Waals surface area contributed by atoms with E-state index in [2.05, 4.69) is 10.0 Å². The second-order valence-corrected chi connectivity index (χ2v) is 8.70. The van der Waals surface area contributed by atoms with Crippen LogP contribution in [0.2, 0.25) is 0 Å². The number of sulfonamides is 1. The smallest absolute Gasteiger partial charge is 0.251 e. The molecule has 2 rings (SSSR count). The average Bonchev–Trinajstić information content (AvgIpc) is 2.53. The summed E-state index contributed by atoms with van der Waals surface area (Å²) in [6, 6.07) is 11.9. The molecule has 140 valence electrons. The number of halogens is 1. The number of rotatable bonds is 6. The van der Waals surface area contributed by atoms with Crippen molar-refractivity contribution in [1.82, 2.24) is 10.0 Å². The van der Waals surface area contributed by atoms with Gasteiger partial charge in [0.2, 0.25) is 10.0 Å². The van der Waals surface area contributed by atoms with E-state index in [-0.39, 0.29) is 16.6 Å². The monoisotopic (exact) mass is 378 g/mol. The first kappa shape index (κ1) is 20.1. The van der Waals surface area contributed by atoms with Gasteiger partial charge in [-0.25, -0.2) is 17.5 Å². The molecular weight excluding hydrogens is 355 g/mol. The molecule has 2 N–H and O–H groups in total. The van der Waals surface area contributed by atoms with Crippen LogP contribution in [-0.2, 0) is 16.4 Å². The first-order valence-electron chi connectivity index (χ1n) is 8.23. The second-order valence-electron chi connectivity index (χ2n) is 7.02. The molecule has 0 fully saturated rings. The van der Waals surface area contributed by atoms with E-state index in [0.29, 0.717) is 18.5 Å². The highest BCUT2D eigenvalue weighted by Crippen LogP contribution is 2.14. The zero-order chi connectivity index (χ0) is 19.4. The lowest BCUT2D eigenvalue weighted by Crippen LogP contribution is -2.40. The number of carbonyl (C=O) groups is 1. The van der Waals surface area contributed by atoms with E-state index in [0.717, 1.165) is 5.56 Å². The van der Waals surface area contributed by atoms with Crippen LogP contribution in [0.4, 0.5) is 4.39 Å². The van der Waals surface area contributed by atoms with E-state index in [9.17, 15) is 17.6 Å². The Labute approximate surface area is 153 Å². The lowest BCUT2D eigenvalue weighted by atomic mass is 10.1. The van der Waals surface area contributed by atoms with Gasteiger partial charge in [-0.1, -0.05) is 12.1 Å². The molecule has 0 spiro atoms. The largest absolute Gasteiger partial charge is 0.352 e. The van der Waals surface area contributed by atoms with Crippen molar-refractivity contribution in [1.29, 1.82) is 0 Å². The molecule has 2 aromatic carbocycles. The molecule has 0 saturated carbocycles. The Balaban J connectivity index is 1.96. The van der Waals surface area contributed by atoms with Crippen LogP contribution in [0.3, 0.4) is 0 Å². The van der Waals surface area contributed by atoms with Gasteiger partial charge >= 0.3 is 0 Å². The topological polar surface area (TPSA) is 75.3 Å². The minimum absolute atomic E-state index is 0.101. The number of amides is 1. The number of benzene rings is 2. The molecule has 1 amide bonds. The van der Waals surface area contributed by atoms with Gasteiger partial charge in [0, 0.05) is 17.6 Å². The van der Waals surface area contributed by atoms with E-state index >= 15 is 0 Å². The summed E-state index contributed by atoms with van der Waals surface area (Å²) in [5.74, 6) is -0.622. The van der Waals surface area contributed by atoms with Gasteiger partial charge < -0.3 is 5.32 Å². The second kappa shape index (κ2) is 7.97. The summed E-state index contributed by atoms with van der Waals surface area (Å²) >= 11 is 0. The predicted octanol–water partition coefficient (Wildman–Crippen LogP) is 2.88. The summed E-state index contributed by atoms with van der Waals surface area (Å²) in [6.07, 6.45) is 0.505. The summed E-state index contributed by atoms with van der Waals surface area (Å²) in [6.45, 7) is 5.62. The standard InChI is InChI=1S/C19H23FN2O3S/c1-19(2,3)22-26(24,25)17-9-7-15(8-10-17)18(23)21-12-11-14-5-4-6-16(20)13-14/h4-10,13,22H,11-12H2,1-3H3,(H,21,23). The summed E-state index contributed by atoms with van der Waals surface area (Å²) < 4.78 is 40.2. The Morgan fingerprint density at radius 1 is 1.08 bits per heavy atom. The quantitative estimate of drug-likeness (QED) is 0.812. The first-order valence-corrected chi connectivity index (χ1v) is 9.72. The van der Waals surface area contributed by atoms with Crippen molar-refractivity contribution in [3.8, 4) is 0 Å². The molecule has 26 heavy (non-hydrogen) atoms. The van der Waals surface area contributed by atoms with Gasteiger partial charge in [-0.15, -0.1) is 0 Å². The molecule has 7 heteroatoms. The third-order valence-electron chi connectivity index (χ3n) is 3.46. The van der Waals surface area contributed by atoms with Crippen molar-refractivity contribution in [3.05, 3.63) is 65.5 Å². The number of hydrogen-bond acceptors (Lipinski definition) is 3. The molecule has 0 aromatic heterocycles. The third kappa shape index (κ3) is 5.93. The van der Waals surface area contributed by atoms with Crippen molar-refractivity contribution in [2.45, 2.75) is 37.6 Å². The molecule has 0 aliphatic carbocycles. The minimum atomic E-state index is -3.63. The maximum atomic E-state index is 13.1. The van der Waals surface area contributed by atoms with Crippen molar-refractivity contribution < 1.29 is 17.6 Å². The Kier molecular flexibility index (Phi) is 6.15. The molecule has 0 bridgehead atoms.